The van der Waals surface area contributed by atoms with Gasteiger partial charge in [-0.25, -0.2) is 0 Å². The first-order valence-corrected chi connectivity index (χ1v) is 10.2. The van der Waals surface area contributed by atoms with Gasteiger partial charge in [-0.05, 0) is 48.9 Å². The third kappa shape index (κ3) is 5.08. The van der Waals surface area contributed by atoms with Crippen LogP contribution in [0.3, 0.4) is 0 Å². The number of hydrogen-bond donors (Lipinski definition) is 0. The van der Waals surface area contributed by atoms with Gasteiger partial charge in [-0.15, -0.1) is 0 Å². The third-order valence-corrected chi connectivity index (χ3v) is 5.61. The molecule has 0 fully saturated rings. The largest absolute Gasteiger partial charge is 0.497 e. The Bertz CT molecular complexity index is 963. The van der Waals surface area contributed by atoms with Crippen molar-refractivity contribution in [3.63, 3.8) is 0 Å². The number of aryl methyl sites for hydroxylation is 1. The molecular formula is C23H22O4S. The van der Waals surface area contributed by atoms with Crippen molar-refractivity contribution in [2.24, 2.45) is 0 Å². The molecule has 0 saturated heterocycles. The lowest BCUT2D eigenvalue weighted by Crippen LogP contribution is -2.13. The van der Waals surface area contributed by atoms with Crippen molar-refractivity contribution >= 4 is 16.6 Å². The number of hydrogen-bond acceptors (Lipinski definition) is 4. The first-order valence-electron chi connectivity index (χ1n) is 8.90. The molecule has 5 heteroatoms. The van der Waals surface area contributed by atoms with Crippen LogP contribution in [0.2, 0.25) is 0 Å². The molecule has 0 bridgehead atoms. The maximum absolute atomic E-state index is 12.7. The fourth-order valence-electron chi connectivity index (χ4n) is 2.68. The summed E-state index contributed by atoms with van der Waals surface area (Å²) < 4.78 is 23.5. The minimum Gasteiger partial charge on any atom is -0.497 e. The minimum absolute atomic E-state index is 0.0774. The van der Waals surface area contributed by atoms with E-state index in [4.69, 9.17) is 9.47 Å². The van der Waals surface area contributed by atoms with E-state index in [1.165, 1.54) is 0 Å². The van der Waals surface area contributed by atoms with Crippen molar-refractivity contribution in [1.29, 1.82) is 0 Å². The Labute approximate surface area is 167 Å². The van der Waals surface area contributed by atoms with E-state index in [0.29, 0.717) is 22.8 Å². The zero-order chi connectivity index (χ0) is 19.9. The monoisotopic (exact) mass is 394 g/mol. The first kappa shape index (κ1) is 19.8. The van der Waals surface area contributed by atoms with Crippen LogP contribution in [-0.2, 0) is 17.4 Å². The molecule has 0 spiro atoms. The number of ether oxygens (including phenoxy) is 2. The van der Waals surface area contributed by atoms with E-state index in [9.17, 15) is 9.00 Å². The van der Waals surface area contributed by atoms with E-state index >= 15 is 0 Å². The van der Waals surface area contributed by atoms with Gasteiger partial charge in [0.15, 0.2) is 5.78 Å². The van der Waals surface area contributed by atoms with Crippen molar-refractivity contribution in [3.8, 4) is 11.5 Å². The molecule has 0 aliphatic carbocycles. The van der Waals surface area contributed by atoms with Crippen molar-refractivity contribution in [2.75, 3.05) is 12.9 Å². The Balaban J connectivity index is 1.69. The molecule has 0 amide bonds. The van der Waals surface area contributed by atoms with Gasteiger partial charge in [-0.3, -0.25) is 9.00 Å². The Hall–Kier alpha value is -2.92. The summed E-state index contributed by atoms with van der Waals surface area (Å²) in [5.74, 6) is 0.984. The molecule has 0 saturated carbocycles. The number of para-hydroxylation sites is 1. The lowest BCUT2D eigenvalue weighted by molar-refractivity contribution is 0.101. The molecular weight excluding hydrogens is 372 g/mol. The summed E-state index contributed by atoms with van der Waals surface area (Å²) >= 11 is 0. The van der Waals surface area contributed by atoms with Crippen LogP contribution in [-0.4, -0.2) is 22.9 Å². The highest BCUT2D eigenvalue weighted by Gasteiger charge is 2.16. The predicted molar refractivity (Wildman–Crippen MR) is 111 cm³/mol. The summed E-state index contributed by atoms with van der Waals surface area (Å²) in [7, 11) is 0.226. The molecule has 3 rings (SSSR count). The van der Waals surface area contributed by atoms with Gasteiger partial charge >= 0.3 is 0 Å². The summed E-state index contributed by atoms with van der Waals surface area (Å²) in [5, 5.41) is 0. The summed E-state index contributed by atoms with van der Waals surface area (Å²) in [5.41, 5.74) is 2.49. The number of rotatable bonds is 8. The standard InChI is InChI=1S/C23H22O4S/c1-17-7-13-20(14-8-17)28(25)16-22(24)21-5-3-4-6-23(21)27-15-18-9-11-19(26-2)12-10-18/h3-14H,15-16H2,1-2H3. The van der Waals surface area contributed by atoms with E-state index in [1.54, 1.807) is 37.4 Å². The fraction of sp³-hybridized carbons (Fsp3) is 0.174. The fourth-order valence-corrected chi connectivity index (χ4v) is 3.68. The predicted octanol–water partition coefficient (Wildman–Crippen LogP) is 4.57. The van der Waals surface area contributed by atoms with Gasteiger partial charge < -0.3 is 9.47 Å². The quantitative estimate of drug-likeness (QED) is 0.525. The highest BCUT2D eigenvalue weighted by molar-refractivity contribution is 7.85. The zero-order valence-electron chi connectivity index (χ0n) is 15.9. The van der Waals surface area contributed by atoms with Crippen molar-refractivity contribution in [1.82, 2.24) is 0 Å². The third-order valence-electron chi connectivity index (χ3n) is 4.29. The number of Topliss-reactive ketones (excluding diaryl/α,β-unsaturated/α-hetero) is 1. The second kappa shape index (κ2) is 9.33. The van der Waals surface area contributed by atoms with Gasteiger partial charge in [-0.2, -0.15) is 0 Å². The Kier molecular flexibility index (Phi) is 6.61. The number of methoxy groups -OCH3 is 1. The molecule has 144 valence electrons. The van der Waals surface area contributed by atoms with Gasteiger partial charge in [0.1, 0.15) is 18.1 Å². The van der Waals surface area contributed by atoms with Gasteiger partial charge in [0.2, 0.25) is 0 Å². The normalized spacial score (nSPS) is 11.6. The number of ketones is 1. The number of carbonyl (C=O) groups excluding carboxylic acids is 1. The van der Waals surface area contributed by atoms with Crippen LogP contribution >= 0.6 is 0 Å². The van der Waals surface area contributed by atoms with Crippen molar-refractivity contribution in [3.05, 3.63) is 89.5 Å². The first-order chi connectivity index (χ1) is 13.6. The summed E-state index contributed by atoms with van der Waals surface area (Å²) in [6.07, 6.45) is 0. The maximum Gasteiger partial charge on any atom is 0.179 e. The second-order valence-electron chi connectivity index (χ2n) is 6.36. The minimum atomic E-state index is -1.39. The van der Waals surface area contributed by atoms with Crippen LogP contribution in [0.15, 0.2) is 77.7 Å². The van der Waals surface area contributed by atoms with Crippen LogP contribution < -0.4 is 9.47 Å². The molecule has 0 N–H and O–H groups in total. The highest BCUT2D eigenvalue weighted by Crippen LogP contribution is 2.22. The van der Waals surface area contributed by atoms with E-state index < -0.39 is 10.8 Å². The van der Waals surface area contributed by atoms with E-state index in [-0.39, 0.29) is 11.5 Å². The average Bonchev–Trinajstić information content (AvgIpc) is 2.73. The molecule has 1 unspecified atom stereocenters. The van der Waals surface area contributed by atoms with Crippen LogP contribution in [0.1, 0.15) is 21.5 Å². The summed E-state index contributed by atoms with van der Waals surface area (Å²) in [4.78, 5) is 13.4. The number of carbonyl (C=O) groups is 1. The molecule has 4 nitrogen and oxygen atoms in total. The maximum atomic E-state index is 12.7. The molecule has 1 atom stereocenters. The van der Waals surface area contributed by atoms with Gasteiger partial charge in [0.05, 0.1) is 29.2 Å². The lowest BCUT2D eigenvalue weighted by Gasteiger charge is -2.11. The second-order valence-corrected chi connectivity index (χ2v) is 7.81. The molecule has 3 aromatic rings. The summed E-state index contributed by atoms with van der Waals surface area (Å²) in [6.45, 7) is 2.30. The highest BCUT2D eigenvalue weighted by atomic mass is 32.2. The topological polar surface area (TPSA) is 52.6 Å². The Morgan fingerprint density at radius 3 is 2.29 bits per heavy atom. The molecule has 0 aromatic heterocycles. The van der Waals surface area contributed by atoms with E-state index in [0.717, 1.165) is 16.9 Å². The molecule has 28 heavy (non-hydrogen) atoms. The Morgan fingerprint density at radius 1 is 0.929 bits per heavy atom. The van der Waals surface area contributed by atoms with Gasteiger partial charge in [0, 0.05) is 4.90 Å². The molecule has 0 aliphatic rings. The van der Waals surface area contributed by atoms with E-state index in [2.05, 4.69) is 0 Å². The van der Waals surface area contributed by atoms with E-state index in [1.807, 2.05) is 49.4 Å². The molecule has 0 aliphatic heterocycles. The van der Waals surface area contributed by atoms with Crippen LogP contribution in [0.4, 0.5) is 0 Å². The Morgan fingerprint density at radius 2 is 1.61 bits per heavy atom. The average molecular weight is 394 g/mol. The molecule has 0 radical (unpaired) electrons. The molecule has 0 heterocycles. The lowest BCUT2D eigenvalue weighted by atomic mass is 10.1. The van der Waals surface area contributed by atoms with Crippen LogP contribution in [0, 0.1) is 6.92 Å². The van der Waals surface area contributed by atoms with Gasteiger partial charge in [0.25, 0.3) is 0 Å². The smallest absolute Gasteiger partial charge is 0.179 e. The van der Waals surface area contributed by atoms with Gasteiger partial charge in [-0.1, -0.05) is 42.0 Å². The van der Waals surface area contributed by atoms with Crippen LogP contribution in [0.5, 0.6) is 11.5 Å². The zero-order valence-corrected chi connectivity index (χ0v) is 16.7. The van der Waals surface area contributed by atoms with Crippen LogP contribution in [0.25, 0.3) is 0 Å². The molecule has 3 aromatic carbocycles. The van der Waals surface area contributed by atoms with Crippen molar-refractivity contribution < 1.29 is 18.5 Å². The summed E-state index contributed by atoms with van der Waals surface area (Å²) in [6, 6.07) is 22.0. The SMILES string of the molecule is COc1ccc(COc2ccccc2C(=O)CS(=O)c2ccc(C)cc2)cc1. The van der Waals surface area contributed by atoms with Crippen molar-refractivity contribution in [2.45, 2.75) is 18.4 Å². The number of benzene rings is 3.